The van der Waals surface area contributed by atoms with Crippen LogP contribution in [0.1, 0.15) is 38.0 Å². The van der Waals surface area contributed by atoms with Gasteiger partial charge in [0, 0.05) is 25.0 Å². The highest BCUT2D eigenvalue weighted by Gasteiger charge is 2.30. The first-order valence-corrected chi connectivity index (χ1v) is 13.3. The molecule has 2 heterocycles. The van der Waals surface area contributed by atoms with Crippen molar-refractivity contribution in [3.05, 3.63) is 41.5 Å². The van der Waals surface area contributed by atoms with Crippen LogP contribution in [-0.2, 0) is 21.4 Å². The number of benzene rings is 1. The van der Waals surface area contributed by atoms with Gasteiger partial charge in [-0.2, -0.15) is 4.31 Å². The van der Waals surface area contributed by atoms with Crippen LogP contribution in [-0.4, -0.2) is 71.4 Å². The van der Waals surface area contributed by atoms with Gasteiger partial charge < -0.3 is 15.6 Å². The first-order chi connectivity index (χ1) is 16.9. The maximum absolute atomic E-state index is 13.2. The standard InChI is InChI=1S/C24H35N7O4S/c1-7-31(36(33,34)22-16(4)29-35-17(22)5)13-12-30(6)14-20-26-19-11-9-8-10-18(19)24(27-20)28-21(15(2)3)23(25)32/h8-11,15,21H,7,12-14H2,1-6H3,(H2,25,32)(H,26,27,28)/t21-/m0/s1. The normalized spacial score (nSPS) is 13.1. The van der Waals surface area contributed by atoms with E-state index in [1.807, 2.05) is 50.1 Å². The molecule has 12 heteroatoms. The second-order valence-corrected chi connectivity index (χ2v) is 11.0. The molecule has 0 saturated carbocycles. The fourth-order valence-electron chi connectivity index (χ4n) is 4.04. The van der Waals surface area contributed by atoms with Crippen LogP contribution in [0.25, 0.3) is 10.9 Å². The summed E-state index contributed by atoms with van der Waals surface area (Å²) >= 11 is 0. The Morgan fingerprint density at radius 1 is 1.17 bits per heavy atom. The molecule has 0 radical (unpaired) electrons. The van der Waals surface area contributed by atoms with E-state index in [0.717, 1.165) is 10.9 Å². The summed E-state index contributed by atoms with van der Waals surface area (Å²) in [7, 11) is -1.86. The summed E-state index contributed by atoms with van der Waals surface area (Å²) in [6.45, 7) is 10.2. The Morgan fingerprint density at radius 3 is 2.44 bits per heavy atom. The topological polar surface area (TPSA) is 148 Å². The Balaban J connectivity index is 1.78. The van der Waals surface area contributed by atoms with Gasteiger partial charge in [-0.15, -0.1) is 0 Å². The molecule has 1 amide bonds. The quantitative estimate of drug-likeness (QED) is 0.369. The molecular weight excluding hydrogens is 482 g/mol. The van der Waals surface area contributed by atoms with Crippen LogP contribution in [0.5, 0.6) is 0 Å². The number of hydrogen-bond donors (Lipinski definition) is 2. The van der Waals surface area contributed by atoms with Crippen LogP contribution in [0.3, 0.4) is 0 Å². The number of sulfonamides is 1. The van der Waals surface area contributed by atoms with E-state index in [2.05, 4.69) is 20.4 Å². The van der Waals surface area contributed by atoms with Crippen LogP contribution < -0.4 is 11.1 Å². The number of aryl methyl sites for hydroxylation is 2. The van der Waals surface area contributed by atoms with Crippen molar-refractivity contribution in [2.24, 2.45) is 11.7 Å². The number of anilines is 1. The van der Waals surface area contributed by atoms with Gasteiger partial charge in [-0.25, -0.2) is 18.4 Å². The molecule has 11 nitrogen and oxygen atoms in total. The van der Waals surface area contributed by atoms with Gasteiger partial charge >= 0.3 is 0 Å². The van der Waals surface area contributed by atoms with Gasteiger partial charge in [0.1, 0.15) is 28.3 Å². The number of nitrogens with two attached hydrogens (primary N) is 1. The predicted molar refractivity (Wildman–Crippen MR) is 138 cm³/mol. The molecule has 2 aromatic heterocycles. The Hall–Kier alpha value is -3.09. The monoisotopic (exact) mass is 517 g/mol. The number of nitrogens with one attached hydrogen (secondary N) is 1. The summed E-state index contributed by atoms with van der Waals surface area (Å²) in [6, 6.07) is 6.97. The minimum absolute atomic E-state index is 0.0259. The van der Waals surface area contributed by atoms with E-state index in [9.17, 15) is 13.2 Å². The van der Waals surface area contributed by atoms with Crippen LogP contribution in [0.15, 0.2) is 33.7 Å². The highest BCUT2D eigenvalue weighted by Crippen LogP contribution is 2.24. The minimum Gasteiger partial charge on any atom is -0.368 e. The van der Waals surface area contributed by atoms with E-state index >= 15 is 0 Å². The molecular formula is C24H35N7O4S. The molecule has 36 heavy (non-hydrogen) atoms. The van der Waals surface area contributed by atoms with E-state index in [-0.39, 0.29) is 23.1 Å². The van der Waals surface area contributed by atoms with E-state index in [4.69, 9.17) is 10.3 Å². The molecule has 0 aliphatic carbocycles. The smallest absolute Gasteiger partial charge is 0.248 e. The lowest BCUT2D eigenvalue weighted by Gasteiger charge is -2.24. The van der Waals surface area contributed by atoms with Crippen molar-refractivity contribution >= 4 is 32.7 Å². The summed E-state index contributed by atoms with van der Waals surface area (Å²) in [6.07, 6.45) is 0. The highest BCUT2D eigenvalue weighted by atomic mass is 32.2. The van der Waals surface area contributed by atoms with Crippen molar-refractivity contribution in [3.8, 4) is 0 Å². The molecule has 1 atom stereocenters. The van der Waals surface area contributed by atoms with Crippen LogP contribution >= 0.6 is 0 Å². The molecule has 0 bridgehead atoms. The van der Waals surface area contributed by atoms with Crippen LogP contribution in [0, 0.1) is 19.8 Å². The van der Waals surface area contributed by atoms with E-state index in [0.29, 0.717) is 37.0 Å². The predicted octanol–water partition coefficient (Wildman–Crippen LogP) is 2.30. The Bertz CT molecular complexity index is 1300. The zero-order valence-electron chi connectivity index (χ0n) is 21.6. The van der Waals surface area contributed by atoms with Gasteiger partial charge in [0.05, 0.1) is 12.1 Å². The minimum atomic E-state index is -3.74. The number of aromatic nitrogens is 3. The van der Waals surface area contributed by atoms with Gasteiger partial charge in [-0.1, -0.05) is 38.1 Å². The van der Waals surface area contributed by atoms with E-state index < -0.39 is 22.0 Å². The van der Waals surface area contributed by atoms with Crippen LogP contribution in [0.2, 0.25) is 0 Å². The Labute approximate surface area is 212 Å². The average Bonchev–Trinajstić information content (AvgIpc) is 3.15. The number of rotatable bonds is 12. The largest absolute Gasteiger partial charge is 0.368 e. The summed E-state index contributed by atoms with van der Waals surface area (Å²) in [4.78, 5) is 23.4. The van der Waals surface area contributed by atoms with Crippen molar-refractivity contribution < 1.29 is 17.7 Å². The summed E-state index contributed by atoms with van der Waals surface area (Å²) in [5.41, 5.74) is 6.69. The van der Waals surface area contributed by atoms with Crippen molar-refractivity contribution in [2.45, 2.75) is 52.1 Å². The summed E-state index contributed by atoms with van der Waals surface area (Å²) < 4.78 is 32.8. The second kappa shape index (κ2) is 11.3. The molecule has 1 aromatic carbocycles. The molecule has 3 aromatic rings. The maximum atomic E-state index is 13.2. The summed E-state index contributed by atoms with van der Waals surface area (Å²) in [5.74, 6) is 0.882. The molecule has 0 fully saturated rings. The zero-order chi connectivity index (χ0) is 26.6. The molecule has 0 aliphatic rings. The molecule has 0 unspecified atom stereocenters. The number of amides is 1. The number of carbonyl (C=O) groups is 1. The van der Waals surface area contributed by atoms with E-state index in [1.165, 1.54) is 4.31 Å². The van der Waals surface area contributed by atoms with Gasteiger partial charge in [0.25, 0.3) is 0 Å². The van der Waals surface area contributed by atoms with Crippen LogP contribution in [0.4, 0.5) is 5.82 Å². The first kappa shape index (κ1) is 27.5. The first-order valence-electron chi connectivity index (χ1n) is 11.9. The lowest BCUT2D eigenvalue weighted by Crippen LogP contribution is -2.40. The summed E-state index contributed by atoms with van der Waals surface area (Å²) in [5, 5.41) is 7.77. The Morgan fingerprint density at radius 2 is 1.86 bits per heavy atom. The van der Waals surface area contributed by atoms with Crippen molar-refractivity contribution in [1.82, 2.24) is 24.3 Å². The molecule has 3 rings (SSSR count). The van der Waals surface area contributed by atoms with Gasteiger partial charge in [-0.05, 0) is 38.9 Å². The number of para-hydroxylation sites is 1. The number of carbonyl (C=O) groups excluding carboxylic acids is 1. The fourth-order valence-corrected chi connectivity index (χ4v) is 5.77. The number of fused-ring (bicyclic) bond motifs is 1. The number of hydrogen-bond acceptors (Lipinski definition) is 9. The van der Waals surface area contributed by atoms with Gasteiger partial charge in [0.15, 0.2) is 5.76 Å². The van der Waals surface area contributed by atoms with E-state index in [1.54, 1.807) is 20.8 Å². The third kappa shape index (κ3) is 6.00. The lowest BCUT2D eigenvalue weighted by molar-refractivity contribution is -0.119. The molecule has 3 N–H and O–H groups in total. The fraction of sp³-hybridized carbons (Fsp3) is 0.500. The Kier molecular flexibility index (Phi) is 8.64. The van der Waals surface area contributed by atoms with Gasteiger partial charge in [0.2, 0.25) is 15.9 Å². The number of primary amides is 1. The van der Waals surface area contributed by atoms with Gasteiger partial charge in [-0.3, -0.25) is 9.69 Å². The number of nitrogens with zero attached hydrogens (tertiary/aromatic N) is 5. The molecule has 0 spiro atoms. The third-order valence-electron chi connectivity index (χ3n) is 5.98. The zero-order valence-corrected chi connectivity index (χ0v) is 22.5. The number of likely N-dealkylation sites (N-methyl/N-ethyl adjacent to an activating group) is 2. The molecule has 196 valence electrons. The van der Waals surface area contributed by atoms with Crippen molar-refractivity contribution in [1.29, 1.82) is 0 Å². The second-order valence-electron chi connectivity index (χ2n) is 9.16. The van der Waals surface area contributed by atoms with Crippen molar-refractivity contribution in [3.63, 3.8) is 0 Å². The highest BCUT2D eigenvalue weighted by molar-refractivity contribution is 7.89. The van der Waals surface area contributed by atoms with Crippen molar-refractivity contribution in [2.75, 3.05) is 32.0 Å². The molecule has 0 saturated heterocycles. The SMILES string of the molecule is CCN(CCN(C)Cc1nc(N[C@H](C(N)=O)C(C)C)c2ccccc2n1)S(=O)(=O)c1c(C)noc1C. The third-order valence-corrected chi connectivity index (χ3v) is 8.20. The molecule has 0 aliphatic heterocycles. The maximum Gasteiger partial charge on any atom is 0.248 e. The average molecular weight is 518 g/mol. The lowest BCUT2D eigenvalue weighted by atomic mass is 10.0.